The van der Waals surface area contributed by atoms with Gasteiger partial charge in [-0.3, -0.25) is 4.79 Å². The average molecular weight is 157 g/mol. The first kappa shape index (κ1) is 7.06. The van der Waals surface area contributed by atoms with Crippen LogP contribution in [-0.2, 0) is 14.3 Å². The maximum atomic E-state index is 10.8. The Kier molecular flexibility index (Phi) is 1.79. The third kappa shape index (κ3) is 1.36. The van der Waals surface area contributed by atoms with E-state index in [1.165, 1.54) is 0 Å². The maximum Gasteiger partial charge on any atom is 0.246 e. The molecular weight excluding hydrogens is 146 g/mol. The number of hydrogen-bond donors (Lipinski definition) is 1. The van der Waals surface area contributed by atoms with E-state index in [4.69, 9.17) is 9.47 Å². The quantitative estimate of drug-likeness (QED) is 0.498. The molecule has 1 N–H and O–H groups in total. The first-order valence-electron chi connectivity index (χ1n) is 3.82. The van der Waals surface area contributed by atoms with Crippen LogP contribution in [0.2, 0.25) is 0 Å². The van der Waals surface area contributed by atoms with Crippen LogP contribution in [0.25, 0.3) is 0 Å². The van der Waals surface area contributed by atoms with Crippen molar-refractivity contribution >= 4 is 5.91 Å². The molecule has 2 fully saturated rings. The van der Waals surface area contributed by atoms with Gasteiger partial charge in [-0.05, 0) is 0 Å². The zero-order chi connectivity index (χ0) is 7.68. The van der Waals surface area contributed by atoms with E-state index in [0.717, 1.165) is 0 Å². The Balaban J connectivity index is 2.00. The minimum Gasteiger partial charge on any atom is -0.378 e. The summed E-state index contributed by atoms with van der Waals surface area (Å²) in [5, 5.41) is 2.77. The van der Waals surface area contributed by atoms with Gasteiger partial charge in [0.1, 0.15) is 6.61 Å². The van der Waals surface area contributed by atoms with Crippen molar-refractivity contribution in [2.45, 2.75) is 6.10 Å². The first-order valence-corrected chi connectivity index (χ1v) is 3.82. The highest BCUT2D eigenvalue weighted by molar-refractivity contribution is 5.77. The lowest BCUT2D eigenvalue weighted by Crippen LogP contribution is -2.29. The van der Waals surface area contributed by atoms with Gasteiger partial charge >= 0.3 is 0 Å². The molecule has 0 aromatic carbocycles. The highest BCUT2D eigenvalue weighted by Gasteiger charge is 2.31. The van der Waals surface area contributed by atoms with Crippen LogP contribution in [0.4, 0.5) is 0 Å². The molecular formula is C7H11NO3. The fourth-order valence-electron chi connectivity index (χ4n) is 1.43. The van der Waals surface area contributed by atoms with Crippen molar-refractivity contribution in [2.24, 2.45) is 5.92 Å². The number of carbonyl (C=O) groups excluding carboxylic acids is 1. The van der Waals surface area contributed by atoms with Gasteiger partial charge in [-0.2, -0.15) is 0 Å². The summed E-state index contributed by atoms with van der Waals surface area (Å²) in [4.78, 5) is 10.8. The summed E-state index contributed by atoms with van der Waals surface area (Å²) in [7, 11) is 0. The standard InChI is InChI=1S/C7H11NO3/c9-7-4-11-6-3-10-2-5(6)1-8-7/h5-6H,1-4H2,(H,8,9)/t5-,6-/m0/s1. The summed E-state index contributed by atoms with van der Waals surface area (Å²) >= 11 is 0. The molecule has 0 bridgehead atoms. The molecule has 2 heterocycles. The lowest BCUT2D eigenvalue weighted by Gasteiger charge is -2.11. The van der Waals surface area contributed by atoms with Gasteiger partial charge in [0.25, 0.3) is 0 Å². The first-order chi connectivity index (χ1) is 5.36. The van der Waals surface area contributed by atoms with Crippen LogP contribution in [-0.4, -0.2) is 38.4 Å². The van der Waals surface area contributed by atoms with Crippen molar-refractivity contribution in [3.8, 4) is 0 Å². The molecule has 0 spiro atoms. The van der Waals surface area contributed by atoms with Crippen LogP contribution in [0.15, 0.2) is 0 Å². The Labute approximate surface area is 64.9 Å². The van der Waals surface area contributed by atoms with Crippen molar-refractivity contribution in [1.29, 1.82) is 0 Å². The van der Waals surface area contributed by atoms with E-state index in [1.54, 1.807) is 0 Å². The van der Waals surface area contributed by atoms with Crippen molar-refractivity contribution < 1.29 is 14.3 Å². The fourth-order valence-corrected chi connectivity index (χ4v) is 1.43. The summed E-state index contributed by atoms with van der Waals surface area (Å²) < 4.78 is 10.5. The molecule has 0 radical (unpaired) electrons. The Bertz CT molecular complexity index is 155. The van der Waals surface area contributed by atoms with Gasteiger partial charge < -0.3 is 14.8 Å². The monoisotopic (exact) mass is 157 g/mol. The lowest BCUT2D eigenvalue weighted by atomic mass is 10.1. The SMILES string of the molecule is O=C1CO[C@H]2COC[C@@H]2CN1. The molecule has 1 amide bonds. The molecule has 4 heteroatoms. The second kappa shape index (κ2) is 2.79. The van der Waals surface area contributed by atoms with E-state index < -0.39 is 0 Å². The van der Waals surface area contributed by atoms with Gasteiger partial charge in [-0.1, -0.05) is 0 Å². The lowest BCUT2D eigenvalue weighted by molar-refractivity contribution is -0.125. The van der Waals surface area contributed by atoms with Crippen molar-refractivity contribution in [3.63, 3.8) is 0 Å². The molecule has 0 saturated carbocycles. The van der Waals surface area contributed by atoms with Crippen LogP contribution in [0.3, 0.4) is 0 Å². The fraction of sp³-hybridized carbons (Fsp3) is 0.857. The van der Waals surface area contributed by atoms with Crippen LogP contribution in [0, 0.1) is 5.92 Å². The molecule has 2 rings (SSSR count). The Morgan fingerprint density at radius 1 is 1.45 bits per heavy atom. The number of ether oxygens (including phenoxy) is 2. The predicted octanol–water partition coefficient (Wildman–Crippen LogP) is -0.852. The maximum absolute atomic E-state index is 10.8. The minimum atomic E-state index is -0.0144. The number of carbonyl (C=O) groups is 1. The van der Waals surface area contributed by atoms with Crippen LogP contribution < -0.4 is 5.32 Å². The average Bonchev–Trinajstić information content (AvgIpc) is 2.38. The summed E-state index contributed by atoms with van der Waals surface area (Å²) in [6.45, 7) is 2.23. The number of fused-ring (bicyclic) bond motifs is 1. The predicted molar refractivity (Wildman–Crippen MR) is 37.1 cm³/mol. The number of rotatable bonds is 0. The van der Waals surface area contributed by atoms with Crippen molar-refractivity contribution in [2.75, 3.05) is 26.4 Å². The largest absolute Gasteiger partial charge is 0.378 e. The zero-order valence-electron chi connectivity index (χ0n) is 6.21. The van der Waals surface area contributed by atoms with E-state index in [2.05, 4.69) is 5.32 Å². The number of nitrogens with one attached hydrogen (secondary N) is 1. The molecule has 2 atom stereocenters. The van der Waals surface area contributed by atoms with Gasteiger partial charge in [0.05, 0.1) is 19.3 Å². The van der Waals surface area contributed by atoms with Crippen LogP contribution in [0.5, 0.6) is 0 Å². The highest BCUT2D eigenvalue weighted by atomic mass is 16.5. The van der Waals surface area contributed by atoms with Crippen LogP contribution in [0.1, 0.15) is 0 Å². The molecule has 0 aliphatic carbocycles. The van der Waals surface area contributed by atoms with E-state index >= 15 is 0 Å². The summed E-state index contributed by atoms with van der Waals surface area (Å²) in [6, 6.07) is 0. The Morgan fingerprint density at radius 3 is 3.27 bits per heavy atom. The molecule has 11 heavy (non-hydrogen) atoms. The molecule has 62 valence electrons. The Hall–Kier alpha value is -0.610. The van der Waals surface area contributed by atoms with E-state index in [1.807, 2.05) is 0 Å². The van der Waals surface area contributed by atoms with Gasteiger partial charge in [0.2, 0.25) is 5.91 Å². The summed E-state index contributed by atoms with van der Waals surface area (Å²) in [6.07, 6.45) is 0.133. The smallest absolute Gasteiger partial charge is 0.246 e. The minimum absolute atomic E-state index is 0.0144. The third-order valence-electron chi connectivity index (χ3n) is 2.13. The van der Waals surface area contributed by atoms with Crippen molar-refractivity contribution in [3.05, 3.63) is 0 Å². The molecule has 2 aliphatic heterocycles. The van der Waals surface area contributed by atoms with Crippen LogP contribution >= 0.6 is 0 Å². The van der Waals surface area contributed by atoms with Gasteiger partial charge in [-0.25, -0.2) is 0 Å². The second-order valence-corrected chi connectivity index (χ2v) is 2.95. The number of amides is 1. The zero-order valence-corrected chi connectivity index (χ0v) is 6.21. The topological polar surface area (TPSA) is 47.6 Å². The second-order valence-electron chi connectivity index (χ2n) is 2.95. The number of hydrogen-bond acceptors (Lipinski definition) is 3. The molecule has 0 aromatic rings. The summed E-state index contributed by atoms with van der Waals surface area (Å²) in [5.41, 5.74) is 0. The van der Waals surface area contributed by atoms with Gasteiger partial charge in [0, 0.05) is 12.5 Å². The molecule has 2 saturated heterocycles. The molecule has 2 aliphatic rings. The van der Waals surface area contributed by atoms with E-state index in [9.17, 15) is 4.79 Å². The third-order valence-corrected chi connectivity index (χ3v) is 2.13. The molecule has 4 nitrogen and oxygen atoms in total. The van der Waals surface area contributed by atoms with Gasteiger partial charge in [-0.15, -0.1) is 0 Å². The van der Waals surface area contributed by atoms with E-state index in [-0.39, 0.29) is 18.6 Å². The molecule has 0 aromatic heterocycles. The van der Waals surface area contributed by atoms with Crippen molar-refractivity contribution in [1.82, 2.24) is 5.32 Å². The normalized spacial score (nSPS) is 37.6. The van der Waals surface area contributed by atoms with E-state index in [0.29, 0.717) is 25.7 Å². The Morgan fingerprint density at radius 2 is 2.36 bits per heavy atom. The highest BCUT2D eigenvalue weighted by Crippen LogP contribution is 2.17. The summed E-state index contributed by atoms with van der Waals surface area (Å²) in [5.74, 6) is 0.348. The van der Waals surface area contributed by atoms with Gasteiger partial charge in [0.15, 0.2) is 0 Å². The molecule has 0 unspecified atom stereocenters.